The van der Waals surface area contributed by atoms with Gasteiger partial charge in [-0.25, -0.2) is 16.8 Å². The Bertz CT molecular complexity index is 699. The number of rotatable bonds is 4. The van der Waals surface area contributed by atoms with E-state index < -0.39 is 25.1 Å². The van der Waals surface area contributed by atoms with Crippen LogP contribution >= 0.6 is 0 Å². The zero-order valence-electron chi connectivity index (χ0n) is 11.9. The van der Waals surface area contributed by atoms with Gasteiger partial charge in [-0.3, -0.25) is 4.31 Å². The van der Waals surface area contributed by atoms with E-state index in [2.05, 4.69) is 0 Å². The molecule has 21 heavy (non-hydrogen) atoms. The van der Waals surface area contributed by atoms with Crippen molar-refractivity contribution in [3.05, 3.63) is 24.3 Å². The molecule has 1 fully saturated rings. The Balaban J connectivity index is 2.29. The van der Waals surface area contributed by atoms with Crippen LogP contribution < -0.4 is 10.0 Å². The minimum atomic E-state index is -3.58. The van der Waals surface area contributed by atoms with Gasteiger partial charge in [-0.2, -0.15) is 0 Å². The van der Waals surface area contributed by atoms with E-state index in [4.69, 9.17) is 5.73 Å². The van der Waals surface area contributed by atoms with Gasteiger partial charge >= 0.3 is 0 Å². The lowest BCUT2D eigenvalue weighted by molar-refractivity contribution is 0.549. The number of benzene rings is 1. The molecule has 1 heterocycles. The Hall–Kier alpha value is -1.28. The van der Waals surface area contributed by atoms with Crippen molar-refractivity contribution in [2.24, 2.45) is 0 Å². The Morgan fingerprint density at radius 1 is 1.29 bits per heavy atom. The smallest absolute Gasteiger partial charge is 0.238 e. The quantitative estimate of drug-likeness (QED) is 0.830. The van der Waals surface area contributed by atoms with E-state index in [-0.39, 0.29) is 30.9 Å². The van der Waals surface area contributed by atoms with Gasteiger partial charge in [0.25, 0.3) is 0 Å². The first-order valence-electron chi connectivity index (χ1n) is 6.84. The van der Waals surface area contributed by atoms with Crippen molar-refractivity contribution in [1.29, 1.82) is 0 Å². The van der Waals surface area contributed by atoms with Gasteiger partial charge in [0.15, 0.2) is 0 Å². The summed E-state index contributed by atoms with van der Waals surface area (Å²) in [6.45, 7) is 2.04. The van der Waals surface area contributed by atoms with E-state index >= 15 is 0 Å². The highest BCUT2D eigenvalue weighted by Gasteiger charge is 2.36. The molecule has 1 aliphatic heterocycles. The highest BCUT2D eigenvalue weighted by atomic mass is 32.2. The molecule has 0 aliphatic carbocycles. The highest BCUT2D eigenvalue weighted by molar-refractivity contribution is 7.94. The van der Waals surface area contributed by atoms with Gasteiger partial charge in [0.2, 0.25) is 10.0 Å². The predicted octanol–water partition coefficient (Wildman–Crippen LogP) is 1.00. The molecular weight excluding hydrogens is 312 g/mol. The van der Waals surface area contributed by atoms with Gasteiger partial charge < -0.3 is 5.73 Å². The number of nitrogens with zero attached hydrogens (tertiary/aromatic N) is 1. The second kappa shape index (κ2) is 5.84. The summed E-state index contributed by atoms with van der Waals surface area (Å²) in [6.07, 6.45) is 0.312. The maximum absolute atomic E-state index is 12.7. The molecule has 2 N–H and O–H groups in total. The Labute approximate surface area is 125 Å². The summed E-state index contributed by atoms with van der Waals surface area (Å²) in [5, 5.41) is -0.651. The number of nitrogen functional groups attached to an aromatic ring is 1. The average Bonchev–Trinajstić information content (AvgIpc) is 2.38. The third-order valence-electron chi connectivity index (χ3n) is 3.68. The predicted molar refractivity (Wildman–Crippen MR) is 84.5 cm³/mol. The number of sulfone groups is 1. The van der Waals surface area contributed by atoms with Gasteiger partial charge in [-0.05, 0) is 38.0 Å². The van der Waals surface area contributed by atoms with Gasteiger partial charge in [-0.1, -0.05) is 6.07 Å². The largest absolute Gasteiger partial charge is 0.399 e. The zero-order chi connectivity index (χ0) is 15.7. The summed E-state index contributed by atoms with van der Waals surface area (Å²) in [5.41, 5.74) is 6.72. The molecule has 2 rings (SSSR count). The molecule has 0 unspecified atom stereocenters. The van der Waals surface area contributed by atoms with Crippen LogP contribution in [0.25, 0.3) is 0 Å². The van der Waals surface area contributed by atoms with E-state index in [0.717, 1.165) is 0 Å². The Morgan fingerprint density at radius 3 is 2.43 bits per heavy atom. The first kappa shape index (κ1) is 16.1. The van der Waals surface area contributed by atoms with Crippen molar-refractivity contribution in [3.8, 4) is 0 Å². The summed E-state index contributed by atoms with van der Waals surface area (Å²) in [7, 11) is -6.66. The molecular formula is C13H20N2O4S2. The monoisotopic (exact) mass is 332 g/mol. The molecule has 118 valence electrons. The summed E-state index contributed by atoms with van der Waals surface area (Å²) in [6, 6.07) is 6.70. The SMILES string of the molecule is CCN(c1cccc(N)c1)S(=O)(=O)C1CCS(=O)(=O)CC1. The van der Waals surface area contributed by atoms with E-state index in [1.165, 1.54) is 4.31 Å². The molecule has 8 heteroatoms. The molecule has 1 aromatic rings. The van der Waals surface area contributed by atoms with Crippen LogP contribution in [0, 0.1) is 0 Å². The molecule has 0 aromatic heterocycles. The summed E-state index contributed by atoms with van der Waals surface area (Å²) in [4.78, 5) is 0. The van der Waals surface area contributed by atoms with Crippen LogP contribution in [0.1, 0.15) is 19.8 Å². The van der Waals surface area contributed by atoms with Crippen LogP contribution in [0.5, 0.6) is 0 Å². The lowest BCUT2D eigenvalue weighted by Gasteiger charge is -2.30. The third kappa shape index (κ3) is 3.49. The van der Waals surface area contributed by atoms with Crippen molar-refractivity contribution in [2.75, 3.05) is 28.1 Å². The molecule has 1 saturated heterocycles. The fraction of sp³-hybridized carbons (Fsp3) is 0.538. The minimum Gasteiger partial charge on any atom is -0.399 e. The first-order valence-corrected chi connectivity index (χ1v) is 10.2. The standard InChI is InChI=1S/C13H20N2O4S2/c1-2-15(12-5-3-4-11(14)10-12)21(18,19)13-6-8-20(16,17)9-7-13/h3-5,10,13H,2,6-9,14H2,1H3. The van der Waals surface area contributed by atoms with Crippen molar-refractivity contribution in [2.45, 2.75) is 25.0 Å². The van der Waals surface area contributed by atoms with Crippen molar-refractivity contribution in [3.63, 3.8) is 0 Å². The Kier molecular flexibility index (Phi) is 4.48. The minimum absolute atomic E-state index is 0.0641. The molecule has 0 bridgehead atoms. The molecule has 1 aliphatic rings. The number of hydrogen-bond donors (Lipinski definition) is 1. The second-order valence-corrected chi connectivity index (χ2v) is 9.60. The van der Waals surface area contributed by atoms with Crippen LogP contribution in [0.2, 0.25) is 0 Å². The van der Waals surface area contributed by atoms with E-state index in [1.807, 2.05) is 0 Å². The van der Waals surface area contributed by atoms with Crippen LogP contribution in [0.4, 0.5) is 11.4 Å². The van der Waals surface area contributed by atoms with E-state index in [9.17, 15) is 16.8 Å². The number of hydrogen-bond acceptors (Lipinski definition) is 5. The van der Waals surface area contributed by atoms with E-state index in [0.29, 0.717) is 11.4 Å². The molecule has 0 atom stereocenters. The van der Waals surface area contributed by atoms with Gasteiger partial charge in [0.1, 0.15) is 9.84 Å². The summed E-state index contributed by atoms with van der Waals surface area (Å²) in [5.74, 6) is -0.128. The third-order valence-corrected chi connectivity index (χ3v) is 7.79. The normalized spacial score (nSPS) is 19.3. The lowest BCUT2D eigenvalue weighted by Crippen LogP contribution is -2.42. The lowest BCUT2D eigenvalue weighted by atomic mass is 10.2. The van der Waals surface area contributed by atoms with Gasteiger partial charge in [0, 0.05) is 12.2 Å². The van der Waals surface area contributed by atoms with Crippen LogP contribution in [0.3, 0.4) is 0 Å². The van der Waals surface area contributed by atoms with E-state index in [1.54, 1.807) is 31.2 Å². The molecule has 0 radical (unpaired) electrons. The maximum atomic E-state index is 12.7. The van der Waals surface area contributed by atoms with Crippen LogP contribution in [-0.4, -0.2) is 40.1 Å². The second-order valence-electron chi connectivity index (χ2n) is 5.16. The average molecular weight is 332 g/mol. The molecule has 0 spiro atoms. The number of nitrogens with two attached hydrogens (primary N) is 1. The van der Waals surface area contributed by atoms with Crippen molar-refractivity contribution >= 4 is 31.2 Å². The van der Waals surface area contributed by atoms with Crippen molar-refractivity contribution < 1.29 is 16.8 Å². The maximum Gasteiger partial charge on any atom is 0.238 e. The van der Waals surface area contributed by atoms with Crippen LogP contribution in [-0.2, 0) is 19.9 Å². The molecule has 1 aromatic carbocycles. The van der Waals surface area contributed by atoms with Gasteiger partial charge in [0.05, 0.1) is 22.4 Å². The fourth-order valence-corrected chi connectivity index (χ4v) is 6.28. The number of anilines is 2. The van der Waals surface area contributed by atoms with Gasteiger partial charge in [-0.15, -0.1) is 0 Å². The molecule has 6 nitrogen and oxygen atoms in total. The Morgan fingerprint density at radius 2 is 1.90 bits per heavy atom. The fourth-order valence-electron chi connectivity index (χ4n) is 2.54. The summed E-state index contributed by atoms with van der Waals surface area (Å²) >= 11 is 0. The van der Waals surface area contributed by atoms with Crippen molar-refractivity contribution in [1.82, 2.24) is 0 Å². The topological polar surface area (TPSA) is 97.5 Å². The highest BCUT2D eigenvalue weighted by Crippen LogP contribution is 2.27. The number of sulfonamides is 1. The molecule has 0 amide bonds. The summed E-state index contributed by atoms with van der Waals surface area (Å²) < 4.78 is 49.7. The zero-order valence-corrected chi connectivity index (χ0v) is 13.5. The van der Waals surface area contributed by atoms with Crippen LogP contribution in [0.15, 0.2) is 24.3 Å². The first-order chi connectivity index (χ1) is 9.76. The molecule has 0 saturated carbocycles.